The molecule has 0 bridgehead atoms. The molecule has 0 amide bonds. The number of rotatable bonds is 8. The third-order valence-electron chi connectivity index (χ3n) is 8.77. The molecule has 1 saturated heterocycles. The summed E-state index contributed by atoms with van der Waals surface area (Å²) in [4.78, 5) is 16.8. The van der Waals surface area contributed by atoms with E-state index in [4.69, 9.17) is 9.97 Å². The Labute approximate surface area is 243 Å². The second-order valence-electron chi connectivity index (χ2n) is 11.5. The van der Waals surface area contributed by atoms with Gasteiger partial charge < -0.3 is 15.1 Å². The van der Waals surface area contributed by atoms with Crippen molar-refractivity contribution in [1.82, 2.24) is 19.6 Å². The second-order valence-corrected chi connectivity index (χ2v) is 15.1. The molecule has 6 nitrogen and oxygen atoms in total. The summed E-state index contributed by atoms with van der Waals surface area (Å²) in [6.45, 7) is 17.3. The molecule has 40 heavy (non-hydrogen) atoms. The molecule has 210 valence electrons. The van der Waals surface area contributed by atoms with Crippen LogP contribution in [0.25, 0.3) is 16.1 Å². The molecular weight excluding hydrogens is 533 g/mol. The minimum absolute atomic E-state index is 0.487. The molecule has 3 aromatic rings. The SMILES string of the molecule is C=C1[C@H](C)CCN1c1cccc(Nc2nc(C)c(-c3cc4c(c(S(=C)(=C)NC)c3)C(=C)N(C(C)C3CC3)C4)s2)n1. The first-order chi connectivity index (χ1) is 19.1. The maximum atomic E-state index is 4.90. The number of aromatic nitrogens is 2. The lowest BCUT2D eigenvalue weighted by molar-refractivity contribution is 0.290. The number of thiazole rings is 1. The molecular formula is C32H40N6S2. The standard InChI is InChI=1S/C32H40N6S2/c1-19-14-15-37(21(19)3)29-11-9-10-28(35-29)36-32-34-20(2)31(39-32)25-16-26-18-38(22(4)24-12-13-24)23(5)30(26)27(17-25)40(7,8)33-6/h9-11,16-17,19,22,24,33H,3,5,7-8,12-15,18H2,1-2,4,6H3,(H,34,35,36)/t19-,22?/m1/s1. The van der Waals surface area contributed by atoms with Gasteiger partial charge in [0.15, 0.2) is 5.13 Å². The van der Waals surface area contributed by atoms with E-state index in [2.05, 4.69) is 77.6 Å². The molecule has 2 aliphatic heterocycles. The van der Waals surface area contributed by atoms with Crippen molar-refractivity contribution in [2.45, 2.75) is 57.5 Å². The fourth-order valence-electron chi connectivity index (χ4n) is 5.95. The van der Waals surface area contributed by atoms with Crippen LogP contribution in [-0.4, -0.2) is 46.2 Å². The van der Waals surface area contributed by atoms with E-state index in [9.17, 15) is 0 Å². The van der Waals surface area contributed by atoms with Gasteiger partial charge in [-0.3, -0.25) is 4.72 Å². The van der Waals surface area contributed by atoms with Gasteiger partial charge in [-0.05, 0) is 87.4 Å². The van der Waals surface area contributed by atoms with Gasteiger partial charge in [-0.15, -0.1) is 9.39 Å². The van der Waals surface area contributed by atoms with Crippen LogP contribution in [0, 0.1) is 18.8 Å². The topological polar surface area (TPSA) is 56.3 Å². The normalized spacial score (nSPS) is 19.9. The van der Waals surface area contributed by atoms with Gasteiger partial charge in [0.2, 0.25) is 0 Å². The molecule has 6 rings (SSSR count). The molecule has 2 N–H and O–H groups in total. The third kappa shape index (κ3) is 4.76. The minimum atomic E-state index is -1.71. The van der Waals surface area contributed by atoms with Crippen LogP contribution in [0.15, 0.2) is 54.1 Å². The van der Waals surface area contributed by atoms with E-state index in [1.165, 1.54) is 24.0 Å². The Morgan fingerprint density at radius 3 is 2.58 bits per heavy atom. The highest BCUT2D eigenvalue weighted by Gasteiger charge is 2.37. The van der Waals surface area contributed by atoms with Crippen LogP contribution in [0.5, 0.6) is 0 Å². The van der Waals surface area contributed by atoms with Crippen molar-refractivity contribution in [3.63, 3.8) is 0 Å². The molecule has 0 spiro atoms. The summed E-state index contributed by atoms with van der Waals surface area (Å²) < 4.78 is 3.41. The molecule has 1 unspecified atom stereocenters. The van der Waals surface area contributed by atoms with Crippen molar-refractivity contribution in [3.8, 4) is 10.4 Å². The first-order valence-electron chi connectivity index (χ1n) is 14.1. The van der Waals surface area contributed by atoms with E-state index in [1.54, 1.807) is 11.3 Å². The minimum Gasteiger partial charge on any atom is -0.364 e. The second kappa shape index (κ2) is 10.1. The molecule has 1 aliphatic carbocycles. The largest absolute Gasteiger partial charge is 0.364 e. The average molecular weight is 573 g/mol. The van der Waals surface area contributed by atoms with Crippen LogP contribution in [0.1, 0.15) is 49.9 Å². The van der Waals surface area contributed by atoms with Crippen molar-refractivity contribution in [3.05, 3.63) is 66.0 Å². The fourth-order valence-corrected chi connectivity index (χ4v) is 8.12. The highest BCUT2D eigenvalue weighted by atomic mass is 32.2. The van der Waals surface area contributed by atoms with Crippen molar-refractivity contribution < 1.29 is 0 Å². The van der Waals surface area contributed by atoms with Crippen LogP contribution < -0.4 is 14.9 Å². The zero-order valence-corrected chi connectivity index (χ0v) is 25.7. The summed E-state index contributed by atoms with van der Waals surface area (Å²) in [6.07, 6.45) is 3.74. The molecule has 2 fully saturated rings. The molecule has 1 saturated carbocycles. The number of aryl methyl sites for hydroxylation is 1. The Balaban J connectivity index is 1.33. The first-order valence-corrected chi connectivity index (χ1v) is 16.8. The number of nitrogens with one attached hydrogen (secondary N) is 2. The summed E-state index contributed by atoms with van der Waals surface area (Å²) >= 11 is 1.66. The zero-order chi connectivity index (χ0) is 28.3. The smallest absolute Gasteiger partial charge is 0.189 e. The van der Waals surface area contributed by atoms with Crippen molar-refractivity contribution >= 4 is 54.9 Å². The summed E-state index contributed by atoms with van der Waals surface area (Å²) in [7, 11) is 0.247. The predicted molar refractivity (Wildman–Crippen MR) is 176 cm³/mol. The Morgan fingerprint density at radius 2 is 1.90 bits per heavy atom. The lowest BCUT2D eigenvalue weighted by Gasteiger charge is -2.28. The number of hydrogen-bond acceptors (Lipinski definition) is 7. The molecule has 1 aromatic carbocycles. The number of benzene rings is 1. The van der Waals surface area contributed by atoms with E-state index >= 15 is 0 Å². The number of fused-ring (bicyclic) bond motifs is 1. The number of nitrogens with zero attached hydrogens (tertiary/aromatic N) is 4. The fraction of sp³-hybridized carbons (Fsp3) is 0.375. The highest BCUT2D eigenvalue weighted by molar-refractivity contribution is 8.26. The van der Waals surface area contributed by atoms with Gasteiger partial charge in [-0.1, -0.05) is 49.2 Å². The maximum Gasteiger partial charge on any atom is 0.189 e. The summed E-state index contributed by atoms with van der Waals surface area (Å²) in [5.74, 6) is 12.0. The molecule has 8 heteroatoms. The van der Waals surface area contributed by atoms with E-state index in [1.807, 2.05) is 25.2 Å². The van der Waals surface area contributed by atoms with Crippen LogP contribution in [-0.2, 0) is 6.54 Å². The van der Waals surface area contributed by atoms with Gasteiger partial charge in [0, 0.05) is 41.0 Å². The van der Waals surface area contributed by atoms with Crippen LogP contribution in [0.2, 0.25) is 0 Å². The summed E-state index contributed by atoms with van der Waals surface area (Å²) in [5, 5.41) is 4.30. The Kier molecular flexibility index (Phi) is 6.84. The van der Waals surface area contributed by atoms with E-state index < -0.39 is 9.39 Å². The van der Waals surface area contributed by atoms with Gasteiger partial charge in [0.25, 0.3) is 0 Å². The number of allylic oxidation sites excluding steroid dienone is 1. The average Bonchev–Trinajstić information content (AvgIpc) is 3.55. The molecule has 4 heterocycles. The van der Waals surface area contributed by atoms with Crippen molar-refractivity contribution in [1.29, 1.82) is 0 Å². The summed E-state index contributed by atoms with van der Waals surface area (Å²) in [5.41, 5.74) is 6.93. The van der Waals surface area contributed by atoms with Crippen molar-refractivity contribution in [2.75, 3.05) is 23.8 Å². The molecule has 3 aliphatic rings. The monoisotopic (exact) mass is 572 g/mol. The van der Waals surface area contributed by atoms with Crippen LogP contribution in [0.4, 0.5) is 16.8 Å². The van der Waals surface area contributed by atoms with Crippen molar-refractivity contribution in [2.24, 2.45) is 11.8 Å². The van der Waals surface area contributed by atoms with Gasteiger partial charge in [-0.25, -0.2) is 9.97 Å². The lowest BCUT2D eigenvalue weighted by Crippen LogP contribution is -2.28. The number of hydrogen-bond donors (Lipinski definition) is 2. The summed E-state index contributed by atoms with van der Waals surface area (Å²) in [6, 6.07) is 11.2. The van der Waals surface area contributed by atoms with Gasteiger partial charge in [0.1, 0.15) is 11.6 Å². The highest BCUT2D eigenvalue weighted by Crippen LogP contribution is 2.48. The Morgan fingerprint density at radius 1 is 1.12 bits per heavy atom. The first kappa shape index (κ1) is 27.1. The number of pyridine rings is 1. The number of anilines is 3. The van der Waals surface area contributed by atoms with E-state index in [0.717, 1.165) is 74.6 Å². The maximum absolute atomic E-state index is 4.90. The van der Waals surface area contributed by atoms with Crippen LogP contribution in [0.3, 0.4) is 0 Å². The molecule has 0 radical (unpaired) electrons. The lowest BCUT2D eigenvalue weighted by atomic mass is 10.0. The third-order valence-corrected chi connectivity index (χ3v) is 11.8. The van der Waals surface area contributed by atoms with Gasteiger partial charge in [0.05, 0.1) is 10.6 Å². The van der Waals surface area contributed by atoms with E-state index in [0.29, 0.717) is 12.0 Å². The molecule has 2 aromatic heterocycles. The zero-order valence-electron chi connectivity index (χ0n) is 24.1. The molecule has 2 atom stereocenters. The van der Waals surface area contributed by atoms with Gasteiger partial charge in [-0.2, -0.15) is 0 Å². The van der Waals surface area contributed by atoms with E-state index in [-0.39, 0.29) is 0 Å². The quantitative estimate of drug-likeness (QED) is 0.275. The Bertz CT molecular complexity index is 1610. The predicted octanol–water partition coefficient (Wildman–Crippen LogP) is 7.36. The van der Waals surface area contributed by atoms with Crippen LogP contribution >= 0.6 is 20.7 Å². The van der Waals surface area contributed by atoms with Gasteiger partial charge >= 0.3 is 0 Å². The Hall–Kier alpha value is -3.07.